The summed E-state index contributed by atoms with van der Waals surface area (Å²) in [5.74, 6) is -0.0548. The molecule has 0 aliphatic heterocycles. The molecule has 0 saturated carbocycles. The van der Waals surface area contributed by atoms with Crippen molar-refractivity contribution in [2.45, 2.75) is 13.3 Å². The molecule has 5 heteroatoms. The van der Waals surface area contributed by atoms with E-state index in [4.69, 9.17) is 0 Å². The molecule has 1 amide bonds. The van der Waals surface area contributed by atoms with Crippen molar-refractivity contribution >= 4 is 34.2 Å². The first kappa shape index (κ1) is 18.9. The van der Waals surface area contributed by atoms with E-state index in [1.807, 2.05) is 48.2 Å². The number of nitrogens with zero attached hydrogens (tertiary/aromatic N) is 1. The van der Waals surface area contributed by atoms with Gasteiger partial charge in [0.15, 0.2) is 0 Å². The van der Waals surface area contributed by atoms with Gasteiger partial charge in [-0.15, -0.1) is 0 Å². The highest BCUT2D eigenvalue weighted by Crippen LogP contribution is 2.17. The maximum absolute atomic E-state index is 12.3. The predicted octanol–water partition coefficient (Wildman–Crippen LogP) is 3.08. The Kier molecular flexibility index (Phi) is 7.68. The number of rotatable bonds is 8. The van der Waals surface area contributed by atoms with Gasteiger partial charge < -0.3 is 10.4 Å². The third kappa shape index (κ3) is 6.22. The van der Waals surface area contributed by atoms with Gasteiger partial charge in [-0.1, -0.05) is 30.3 Å². The molecule has 0 saturated heterocycles. The number of hydrogen-bond donors (Lipinski definition) is 2. The van der Waals surface area contributed by atoms with Gasteiger partial charge >= 0.3 is 0 Å². The summed E-state index contributed by atoms with van der Waals surface area (Å²) in [6.45, 7) is 3.54. The monoisotopic (exact) mass is 438 g/mol. The van der Waals surface area contributed by atoms with Crippen molar-refractivity contribution < 1.29 is 9.90 Å². The van der Waals surface area contributed by atoms with Crippen LogP contribution in [0.25, 0.3) is 0 Å². The molecule has 0 unspecified atom stereocenters. The van der Waals surface area contributed by atoms with E-state index >= 15 is 0 Å². The number of benzene rings is 2. The fourth-order valence-electron chi connectivity index (χ4n) is 2.50. The van der Waals surface area contributed by atoms with Gasteiger partial charge in [0, 0.05) is 22.3 Å². The maximum Gasteiger partial charge on any atom is 0.238 e. The minimum atomic E-state index is -0.0548. The Bertz CT molecular complexity index is 662. The Morgan fingerprint density at radius 2 is 1.92 bits per heavy atom. The summed E-state index contributed by atoms with van der Waals surface area (Å²) in [6.07, 6.45) is 0.858. The Balaban J connectivity index is 1.90. The lowest BCUT2D eigenvalue weighted by Crippen LogP contribution is -2.36. The molecule has 0 radical (unpaired) electrons. The number of aliphatic hydroxyl groups is 1. The zero-order valence-corrected chi connectivity index (χ0v) is 16.0. The van der Waals surface area contributed by atoms with Crippen LogP contribution in [0, 0.1) is 10.5 Å². The number of halogens is 1. The second-order valence-electron chi connectivity index (χ2n) is 5.74. The molecule has 2 N–H and O–H groups in total. The fourth-order valence-corrected chi connectivity index (χ4v) is 3.15. The second-order valence-corrected chi connectivity index (χ2v) is 6.99. The molecule has 0 heterocycles. The summed E-state index contributed by atoms with van der Waals surface area (Å²) in [7, 11) is 0. The van der Waals surface area contributed by atoms with Crippen LogP contribution in [-0.4, -0.2) is 42.2 Å². The number of amides is 1. The van der Waals surface area contributed by atoms with Crippen molar-refractivity contribution in [3.05, 3.63) is 63.2 Å². The first-order chi connectivity index (χ1) is 11.6. The van der Waals surface area contributed by atoms with E-state index in [0.717, 1.165) is 27.8 Å². The van der Waals surface area contributed by atoms with Crippen LogP contribution in [0.4, 0.5) is 5.69 Å². The van der Waals surface area contributed by atoms with Crippen molar-refractivity contribution in [3.8, 4) is 0 Å². The molecular weight excluding hydrogens is 415 g/mol. The summed E-state index contributed by atoms with van der Waals surface area (Å²) in [5.41, 5.74) is 3.12. The largest absolute Gasteiger partial charge is 0.395 e. The van der Waals surface area contributed by atoms with E-state index < -0.39 is 0 Å². The smallest absolute Gasteiger partial charge is 0.238 e. The van der Waals surface area contributed by atoms with Crippen molar-refractivity contribution in [2.24, 2.45) is 0 Å². The van der Waals surface area contributed by atoms with Gasteiger partial charge in [-0.2, -0.15) is 0 Å². The van der Waals surface area contributed by atoms with Crippen LogP contribution in [0.1, 0.15) is 11.1 Å². The van der Waals surface area contributed by atoms with Gasteiger partial charge in [0.05, 0.1) is 13.2 Å². The van der Waals surface area contributed by atoms with Crippen LogP contribution in [0.5, 0.6) is 0 Å². The van der Waals surface area contributed by atoms with Crippen molar-refractivity contribution in [2.75, 3.05) is 31.6 Å². The van der Waals surface area contributed by atoms with Crippen molar-refractivity contribution in [3.63, 3.8) is 0 Å². The van der Waals surface area contributed by atoms with Crippen molar-refractivity contribution in [1.29, 1.82) is 0 Å². The number of carbonyl (C=O) groups is 1. The lowest BCUT2D eigenvalue weighted by atomic mass is 10.1. The SMILES string of the molecule is Cc1cc(I)ccc1NC(=O)CN(CCO)CCc1ccccc1. The highest BCUT2D eigenvalue weighted by Gasteiger charge is 2.11. The van der Waals surface area contributed by atoms with Crippen molar-refractivity contribution in [1.82, 2.24) is 4.90 Å². The van der Waals surface area contributed by atoms with Crippen LogP contribution < -0.4 is 5.32 Å². The molecule has 0 bridgehead atoms. The molecule has 2 aromatic rings. The van der Waals surface area contributed by atoms with Crippen LogP contribution >= 0.6 is 22.6 Å². The van der Waals surface area contributed by atoms with E-state index in [1.165, 1.54) is 5.56 Å². The zero-order valence-electron chi connectivity index (χ0n) is 13.8. The first-order valence-electron chi connectivity index (χ1n) is 8.01. The van der Waals surface area contributed by atoms with Gasteiger partial charge in [0.25, 0.3) is 0 Å². The van der Waals surface area contributed by atoms with Crippen LogP contribution in [0.3, 0.4) is 0 Å². The average molecular weight is 438 g/mol. The van der Waals surface area contributed by atoms with Gasteiger partial charge in [0.2, 0.25) is 5.91 Å². The number of nitrogens with one attached hydrogen (secondary N) is 1. The number of carbonyl (C=O) groups excluding carboxylic acids is 1. The third-order valence-corrected chi connectivity index (χ3v) is 4.48. The van der Waals surface area contributed by atoms with E-state index in [0.29, 0.717) is 6.54 Å². The third-order valence-electron chi connectivity index (χ3n) is 3.81. The summed E-state index contributed by atoms with van der Waals surface area (Å²) in [6, 6.07) is 16.1. The molecule has 0 fully saturated rings. The minimum absolute atomic E-state index is 0.0463. The predicted molar refractivity (Wildman–Crippen MR) is 106 cm³/mol. The number of hydrogen-bond acceptors (Lipinski definition) is 3. The highest BCUT2D eigenvalue weighted by molar-refractivity contribution is 14.1. The van der Waals surface area contributed by atoms with Gasteiger partial charge in [-0.25, -0.2) is 0 Å². The highest BCUT2D eigenvalue weighted by atomic mass is 127. The number of aliphatic hydroxyl groups excluding tert-OH is 1. The molecule has 0 aliphatic rings. The van der Waals surface area contributed by atoms with E-state index in [-0.39, 0.29) is 19.1 Å². The Labute approximate surface area is 157 Å². The maximum atomic E-state index is 12.3. The first-order valence-corrected chi connectivity index (χ1v) is 9.09. The molecule has 0 atom stereocenters. The molecule has 128 valence electrons. The van der Waals surface area contributed by atoms with Crippen LogP contribution in [0.15, 0.2) is 48.5 Å². The van der Waals surface area contributed by atoms with Crippen LogP contribution in [0.2, 0.25) is 0 Å². The standard InChI is InChI=1S/C19H23IN2O2/c1-15-13-17(20)7-8-18(15)21-19(24)14-22(11-12-23)10-9-16-5-3-2-4-6-16/h2-8,13,23H,9-12,14H2,1H3,(H,21,24). The lowest BCUT2D eigenvalue weighted by molar-refractivity contribution is -0.117. The van der Waals surface area contributed by atoms with Gasteiger partial charge in [-0.05, 0) is 65.3 Å². The molecule has 0 spiro atoms. The molecule has 0 aromatic heterocycles. The normalized spacial score (nSPS) is 10.8. The Hall–Kier alpha value is -1.44. The second kappa shape index (κ2) is 9.76. The van der Waals surface area contributed by atoms with Crippen LogP contribution in [-0.2, 0) is 11.2 Å². The fraction of sp³-hybridized carbons (Fsp3) is 0.316. The Morgan fingerprint density at radius 3 is 2.58 bits per heavy atom. The van der Waals surface area contributed by atoms with Gasteiger partial charge in [0.1, 0.15) is 0 Å². The summed E-state index contributed by atoms with van der Waals surface area (Å²) < 4.78 is 1.15. The lowest BCUT2D eigenvalue weighted by Gasteiger charge is -2.21. The summed E-state index contributed by atoms with van der Waals surface area (Å²) in [5, 5.41) is 12.2. The average Bonchev–Trinajstić information content (AvgIpc) is 2.56. The van der Waals surface area contributed by atoms with Gasteiger partial charge in [-0.3, -0.25) is 9.69 Å². The number of aryl methyl sites for hydroxylation is 1. The Morgan fingerprint density at radius 1 is 1.17 bits per heavy atom. The quantitative estimate of drug-likeness (QED) is 0.623. The number of anilines is 1. The summed E-state index contributed by atoms with van der Waals surface area (Å²) >= 11 is 2.25. The molecule has 2 aromatic carbocycles. The minimum Gasteiger partial charge on any atom is -0.395 e. The summed E-state index contributed by atoms with van der Waals surface area (Å²) in [4.78, 5) is 14.3. The van der Waals surface area contributed by atoms with E-state index in [1.54, 1.807) is 0 Å². The topological polar surface area (TPSA) is 52.6 Å². The molecule has 4 nitrogen and oxygen atoms in total. The molecule has 0 aliphatic carbocycles. The zero-order chi connectivity index (χ0) is 17.4. The van der Waals surface area contributed by atoms with E-state index in [2.05, 4.69) is 40.0 Å². The molecule has 24 heavy (non-hydrogen) atoms. The molecular formula is C19H23IN2O2. The molecule has 2 rings (SSSR count). The van der Waals surface area contributed by atoms with E-state index in [9.17, 15) is 9.90 Å².